The Balaban J connectivity index is 2.62. The summed E-state index contributed by atoms with van der Waals surface area (Å²) in [4.78, 5) is 9.98. The van der Waals surface area contributed by atoms with Crippen LogP contribution in [0.4, 0.5) is 18.9 Å². The van der Waals surface area contributed by atoms with Gasteiger partial charge in [0.05, 0.1) is 17.1 Å². The molecule has 5 nitrogen and oxygen atoms in total. The molecule has 0 spiro atoms. The molecule has 8 heteroatoms. The topological polar surface area (TPSA) is 61.6 Å². The van der Waals surface area contributed by atoms with Crippen molar-refractivity contribution in [2.24, 2.45) is 11.8 Å². The lowest BCUT2D eigenvalue weighted by molar-refractivity contribution is -0.386. The monoisotopic (exact) mass is 335 g/mol. The Labute approximate surface area is 132 Å². The molecule has 1 aromatic rings. The second kappa shape index (κ2) is 8.14. The molecular weight excluding hydrogens is 315 g/mol. The smallest absolute Gasteiger partial charge is 0.416 e. The molecule has 130 valence electrons. The van der Waals surface area contributed by atoms with Crippen LogP contribution in [0.1, 0.15) is 26.3 Å². The Morgan fingerprint density at radius 1 is 1.22 bits per heavy atom. The highest BCUT2D eigenvalue weighted by molar-refractivity contribution is 5.49. The van der Waals surface area contributed by atoms with Gasteiger partial charge in [-0.2, -0.15) is 13.2 Å². The summed E-state index contributed by atoms with van der Waals surface area (Å²) in [5, 5.41) is 10.9. The van der Waals surface area contributed by atoms with E-state index in [1.807, 2.05) is 6.92 Å². The molecule has 0 radical (unpaired) electrons. The number of nitro groups is 1. The van der Waals surface area contributed by atoms with E-state index < -0.39 is 22.4 Å². The number of hydrogen-bond donors (Lipinski definition) is 0. The quantitative estimate of drug-likeness (QED) is 0.404. The van der Waals surface area contributed by atoms with Gasteiger partial charge in [-0.25, -0.2) is 0 Å². The van der Waals surface area contributed by atoms with E-state index in [-0.39, 0.29) is 19.0 Å². The van der Waals surface area contributed by atoms with Crippen molar-refractivity contribution in [3.63, 3.8) is 0 Å². The molecule has 0 heterocycles. The molecule has 0 aliphatic rings. The summed E-state index contributed by atoms with van der Waals surface area (Å²) in [6.07, 6.45) is -4.64. The van der Waals surface area contributed by atoms with Crippen LogP contribution in [0.2, 0.25) is 0 Å². The van der Waals surface area contributed by atoms with Gasteiger partial charge in [0, 0.05) is 12.7 Å². The van der Waals surface area contributed by atoms with Gasteiger partial charge >= 0.3 is 11.9 Å². The summed E-state index contributed by atoms with van der Waals surface area (Å²) in [7, 11) is 0. The Kier molecular flexibility index (Phi) is 6.80. The van der Waals surface area contributed by atoms with Gasteiger partial charge in [0.2, 0.25) is 0 Å². The zero-order chi connectivity index (χ0) is 17.6. The summed E-state index contributed by atoms with van der Waals surface area (Å²) in [6, 6.07) is 2.18. The molecule has 0 aliphatic heterocycles. The maximum absolute atomic E-state index is 12.6. The van der Waals surface area contributed by atoms with Crippen molar-refractivity contribution in [3.05, 3.63) is 33.9 Å². The standard InChI is InChI=1S/C15H20F3NO4/c1-10(2)11(3)9-22-6-7-23-14-5-4-12(15(16,17)18)8-13(14)19(20)21/h4-5,8,10-11H,6-7,9H2,1-3H3. The minimum Gasteiger partial charge on any atom is -0.484 e. The summed E-state index contributed by atoms with van der Waals surface area (Å²) < 4.78 is 48.3. The number of alkyl halides is 3. The SMILES string of the molecule is CC(C)C(C)COCCOc1ccc(C(F)(F)F)cc1[N+](=O)[O-]. The van der Waals surface area contributed by atoms with Crippen LogP contribution in [-0.4, -0.2) is 24.7 Å². The van der Waals surface area contributed by atoms with Crippen molar-refractivity contribution in [3.8, 4) is 5.75 Å². The van der Waals surface area contributed by atoms with Crippen LogP contribution < -0.4 is 4.74 Å². The molecule has 0 aliphatic carbocycles. The van der Waals surface area contributed by atoms with Crippen LogP contribution in [0.5, 0.6) is 5.75 Å². The highest BCUT2D eigenvalue weighted by Crippen LogP contribution is 2.35. The van der Waals surface area contributed by atoms with Gasteiger partial charge in [-0.3, -0.25) is 10.1 Å². The average molecular weight is 335 g/mol. The van der Waals surface area contributed by atoms with Gasteiger partial charge in [0.25, 0.3) is 0 Å². The third kappa shape index (κ3) is 6.05. The summed E-state index contributed by atoms with van der Waals surface area (Å²) in [5.41, 5.74) is -1.80. The summed E-state index contributed by atoms with van der Waals surface area (Å²) >= 11 is 0. The van der Waals surface area contributed by atoms with Gasteiger partial charge < -0.3 is 9.47 Å². The van der Waals surface area contributed by atoms with Crippen LogP contribution in [0.15, 0.2) is 18.2 Å². The number of hydrogen-bond acceptors (Lipinski definition) is 4. The molecule has 1 rings (SSSR count). The van der Waals surface area contributed by atoms with E-state index in [1.54, 1.807) is 0 Å². The van der Waals surface area contributed by atoms with E-state index >= 15 is 0 Å². The Morgan fingerprint density at radius 3 is 2.39 bits per heavy atom. The zero-order valence-electron chi connectivity index (χ0n) is 13.2. The van der Waals surface area contributed by atoms with E-state index in [0.717, 1.165) is 12.1 Å². The number of nitro benzene ring substituents is 1. The highest BCUT2D eigenvalue weighted by atomic mass is 19.4. The van der Waals surface area contributed by atoms with Crippen LogP contribution in [-0.2, 0) is 10.9 Å². The third-order valence-electron chi connectivity index (χ3n) is 3.49. The van der Waals surface area contributed by atoms with Crippen molar-refractivity contribution in [1.29, 1.82) is 0 Å². The van der Waals surface area contributed by atoms with Crippen LogP contribution in [0, 0.1) is 22.0 Å². The minimum atomic E-state index is -4.64. The molecule has 1 atom stereocenters. The highest BCUT2D eigenvalue weighted by Gasteiger charge is 2.33. The molecule has 23 heavy (non-hydrogen) atoms. The normalized spacial score (nSPS) is 13.2. The lowest BCUT2D eigenvalue weighted by atomic mass is 9.99. The largest absolute Gasteiger partial charge is 0.484 e. The molecule has 0 amide bonds. The van der Waals surface area contributed by atoms with Crippen molar-refractivity contribution in [2.75, 3.05) is 19.8 Å². The molecule has 0 N–H and O–H groups in total. The van der Waals surface area contributed by atoms with E-state index in [4.69, 9.17) is 9.47 Å². The predicted octanol–water partition coefficient (Wildman–Crippen LogP) is 4.30. The molecule has 0 saturated heterocycles. The summed E-state index contributed by atoms with van der Waals surface area (Å²) in [5.74, 6) is 0.617. The number of rotatable bonds is 8. The Morgan fingerprint density at radius 2 is 1.87 bits per heavy atom. The first kappa shape index (κ1) is 19.2. The van der Waals surface area contributed by atoms with Gasteiger partial charge in [-0.15, -0.1) is 0 Å². The first-order valence-corrected chi connectivity index (χ1v) is 7.19. The molecule has 1 aromatic carbocycles. The second-order valence-electron chi connectivity index (χ2n) is 5.58. The zero-order valence-corrected chi connectivity index (χ0v) is 13.2. The van der Waals surface area contributed by atoms with Crippen molar-refractivity contribution in [2.45, 2.75) is 26.9 Å². The molecule has 0 bridgehead atoms. The first-order chi connectivity index (χ1) is 10.6. The predicted molar refractivity (Wildman–Crippen MR) is 78.4 cm³/mol. The van der Waals surface area contributed by atoms with Crippen molar-refractivity contribution in [1.82, 2.24) is 0 Å². The van der Waals surface area contributed by atoms with Crippen molar-refractivity contribution >= 4 is 5.69 Å². The number of ether oxygens (including phenoxy) is 2. The Bertz CT molecular complexity index is 532. The Hall–Kier alpha value is -1.83. The van der Waals surface area contributed by atoms with Gasteiger partial charge in [0.1, 0.15) is 6.61 Å². The third-order valence-corrected chi connectivity index (χ3v) is 3.49. The van der Waals surface area contributed by atoms with Crippen molar-refractivity contribution < 1.29 is 27.6 Å². The number of nitrogens with zero attached hydrogens (tertiary/aromatic N) is 1. The molecule has 1 unspecified atom stereocenters. The number of halogens is 3. The minimum absolute atomic E-state index is 0.0248. The maximum Gasteiger partial charge on any atom is 0.416 e. The molecule has 0 fully saturated rings. The van der Waals surface area contributed by atoms with Crippen LogP contribution in [0.3, 0.4) is 0 Å². The molecular formula is C15H20F3NO4. The van der Waals surface area contributed by atoms with Gasteiger partial charge in [0.15, 0.2) is 5.75 Å². The van der Waals surface area contributed by atoms with Crippen LogP contribution in [0.25, 0.3) is 0 Å². The van der Waals surface area contributed by atoms with Crippen LogP contribution >= 0.6 is 0 Å². The average Bonchev–Trinajstić information content (AvgIpc) is 2.45. The second-order valence-corrected chi connectivity index (χ2v) is 5.58. The van der Waals surface area contributed by atoms with E-state index in [2.05, 4.69) is 13.8 Å². The van der Waals surface area contributed by atoms with E-state index in [0.29, 0.717) is 24.5 Å². The fraction of sp³-hybridized carbons (Fsp3) is 0.600. The number of benzene rings is 1. The summed E-state index contributed by atoms with van der Waals surface area (Å²) in [6.45, 7) is 6.92. The van der Waals surface area contributed by atoms with Gasteiger partial charge in [-0.05, 0) is 24.0 Å². The lowest BCUT2D eigenvalue weighted by Gasteiger charge is -2.15. The maximum atomic E-state index is 12.6. The van der Waals surface area contributed by atoms with E-state index in [1.165, 1.54) is 0 Å². The fourth-order valence-corrected chi connectivity index (χ4v) is 1.63. The van der Waals surface area contributed by atoms with Gasteiger partial charge in [-0.1, -0.05) is 20.8 Å². The first-order valence-electron chi connectivity index (χ1n) is 7.19. The van der Waals surface area contributed by atoms with E-state index in [9.17, 15) is 23.3 Å². The molecule has 0 saturated carbocycles. The lowest BCUT2D eigenvalue weighted by Crippen LogP contribution is -2.15. The molecule has 0 aromatic heterocycles. The fourth-order valence-electron chi connectivity index (χ4n) is 1.63.